The molecule has 2 aromatic carbocycles. The lowest BCUT2D eigenvalue weighted by atomic mass is 9.94. The quantitative estimate of drug-likeness (QED) is 0.607. The van der Waals surface area contributed by atoms with E-state index < -0.39 is 5.41 Å². The molecule has 0 spiro atoms. The molecule has 1 heterocycles. The molecule has 0 aliphatic carbocycles. The van der Waals surface area contributed by atoms with Crippen molar-refractivity contribution >= 4 is 29.0 Å². The van der Waals surface area contributed by atoms with Crippen LogP contribution in [0.4, 0.5) is 21.9 Å². The number of ether oxygens (including phenoxy) is 2. The molecule has 3 amide bonds. The number of hydrogen-bond acceptors (Lipinski definition) is 4. The van der Waals surface area contributed by atoms with Crippen LogP contribution in [0.3, 0.4) is 0 Å². The molecular weight excluding hydrogens is 370 g/mol. The summed E-state index contributed by atoms with van der Waals surface area (Å²) < 4.78 is 11.4. The molecule has 29 heavy (non-hydrogen) atoms. The minimum absolute atomic E-state index is 0.100. The van der Waals surface area contributed by atoms with Crippen LogP contribution >= 0.6 is 0 Å². The number of amides is 3. The maximum Gasteiger partial charge on any atom is 0.323 e. The highest BCUT2D eigenvalue weighted by Crippen LogP contribution is 2.34. The number of carbonyl (C=O) groups excluding carboxylic acids is 2. The normalized spacial score (nSPS) is 14.7. The SMILES string of the molecule is CCCCOc1ccc(NC(=O)Nc2ccc3c(c2)OCC(C)(C)C(=O)N3)cc1. The maximum absolute atomic E-state index is 12.3. The molecule has 0 atom stereocenters. The van der Waals surface area contributed by atoms with Crippen LogP contribution in [0.5, 0.6) is 11.5 Å². The lowest BCUT2D eigenvalue weighted by Gasteiger charge is -2.18. The first-order valence-electron chi connectivity index (χ1n) is 9.76. The summed E-state index contributed by atoms with van der Waals surface area (Å²) in [6.07, 6.45) is 2.09. The van der Waals surface area contributed by atoms with E-state index in [0.29, 0.717) is 29.4 Å². The number of unbranched alkanes of at least 4 members (excludes halogenated alkanes) is 1. The van der Waals surface area contributed by atoms with Crippen LogP contribution in [0, 0.1) is 5.41 Å². The first kappa shape index (κ1) is 20.5. The average molecular weight is 397 g/mol. The van der Waals surface area contributed by atoms with Gasteiger partial charge in [-0.05, 0) is 56.7 Å². The topological polar surface area (TPSA) is 88.7 Å². The van der Waals surface area contributed by atoms with Gasteiger partial charge in [-0.25, -0.2) is 4.79 Å². The van der Waals surface area contributed by atoms with E-state index in [-0.39, 0.29) is 18.5 Å². The number of hydrogen-bond donors (Lipinski definition) is 3. The molecule has 1 aliphatic rings. The van der Waals surface area contributed by atoms with Crippen molar-refractivity contribution in [1.29, 1.82) is 0 Å². The highest BCUT2D eigenvalue weighted by Gasteiger charge is 2.32. The second-order valence-corrected chi connectivity index (χ2v) is 7.64. The van der Waals surface area contributed by atoms with E-state index in [2.05, 4.69) is 22.9 Å². The Morgan fingerprint density at radius 1 is 1.14 bits per heavy atom. The molecular formula is C22H27N3O4. The molecule has 7 nitrogen and oxygen atoms in total. The molecule has 0 bridgehead atoms. The van der Waals surface area contributed by atoms with Crippen molar-refractivity contribution in [3.05, 3.63) is 42.5 Å². The molecule has 0 saturated carbocycles. The summed E-state index contributed by atoms with van der Waals surface area (Å²) in [5.74, 6) is 1.20. The van der Waals surface area contributed by atoms with Crippen LogP contribution in [0.1, 0.15) is 33.6 Å². The summed E-state index contributed by atoms with van der Waals surface area (Å²) in [4.78, 5) is 24.5. The van der Waals surface area contributed by atoms with Gasteiger partial charge >= 0.3 is 6.03 Å². The van der Waals surface area contributed by atoms with Crippen molar-refractivity contribution < 1.29 is 19.1 Å². The monoisotopic (exact) mass is 397 g/mol. The number of urea groups is 1. The lowest BCUT2D eigenvalue weighted by molar-refractivity contribution is -0.124. The van der Waals surface area contributed by atoms with Crippen molar-refractivity contribution in [2.24, 2.45) is 5.41 Å². The third-order valence-electron chi connectivity index (χ3n) is 4.57. The van der Waals surface area contributed by atoms with Gasteiger partial charge in [0, 0.05) is 17.4 Å². The summed E-state index contributed by atoms with van der Waals surface area (Å²) in [5.41, 5.74) is 1.18. The molecule has 0 unspecified atom stereocenters. The lowest BCUT2D eigenvalue weighted by Crippen LogP contribution is -2.33. The second kappa shape index (κ2) is 8.86. The number of benzene rings is 2. The first-order chi connectivity index (χ1) is 13.9. The van der Waals surface area contributed by atoms with E-state index in [1.807, 2.05) is 26.0 Å². The van der Waals surface area contributed by atoms with Gasteiger partial charge in [-0.3, -0.25) is 4.79 Å². The molecule has 7 heteroatoms. The number of nitrogens with one attached hydrogen (secondary N) is 3. The van der Waals surface area contributed by atoms with Gasteiger partial charge in [0.2, 0.25) is 5.91 Å². The Bertz CT molecular complexity index is 878. The third kappa shape index (κ3) is 5.40. The third-order valence-corrected chi connectivity index (χ3v) is 4.57. The average Bonchev–Trinajstić information content (AvgIpc) is 2.80. The van der Waals surface area contributed by atoms with Crippen molar-refractivity contribution in [2.45, 2.75) is 33.6 Å². The van der Waals surface area contributed by atoms with E-state index in [4.69, 9.17) is 9.47 Å². The molecule has 0 fully saturated rings. The van der Waals surface area contributed by atoms with Crippen LogP contribution in [-0.4, -0.2) is 25.2 Å². The molecule has 3 N–H and O–H groups in total. The highest BCUT2D eigenvalue weighted by atomic mass is 16.5. The summed E-state index contributed by atoms with van der Waals surface area (Å²) >= 11 is 0. The molecule has 154 valence electrons. The number of carbonyl (C=O) groups is 2. The van der Waals surface area contributed by atoms with E-state index in [1.54, 1.807) is 30.3 Å². The zero-order valence-electron chi connectivity index (χ0n) is 17.0. The van der Waals surface area contributed by atoms with Gasteiger partial charge in [-0.15, -0.1) is 0 Å². The fourth-order valence-electron chi connectivity index (χ4n) is 2.70. The Kier molecular flexibility index (Phi) is 6.26. The Labute approximate surface area is 170 Å². The Morgan fingerprint density at radius 2 is 1.83 bits per heavy atom. The van der Waals surface area contributed by atoms with Gasteiger partial charge in [-0.2, -0.15) is 0 Å². The summed E-state index contributed by atoms with van der Waals surface area (Å²) in [7, 11) is 0. The van der Waals surface area contributed by atoms with Crippen LogP contribution < -0.4 is 25.4 Å². The van der Waals surface area contributed by atoms with Gasteiger partial charge in [0.15, 0.2) is 0 Å². The van der Waals surface area contributed by atoms with Gasteiger partial charge < -0.3 is 25.4 Å². The highest BCUT2D eigenvalue weighted by molar-refractivity contribution is 6.01. The number of fused-ring (bicyclic) bond motifs is 1. The molecule has 0 aromatic heterocycles. The van der Waals surface area contributed by atoms with E-state index in [0.717, 1.165) is 18.6 Å². The second-order valence-electron chi connectivity index (χ2n) is 7.64. The number of rotatable bonds is 6. The molecule has 1 aliphatic heterocycles. The van der Waals surface area contributed by atoms with Gasteiger partial charge in [-0.1, -0.05) is 13.3 Å². The maximum atomic E-state index is 12.3. The Balaban J connectivity index is 1.59. The minimum atomic E-state index is -0.629. The summed E-state index contributed by atoms with van der Waals surface area (Å²) in [5, 5.41) is 8.41. The standard InChI is InChI=1S/C22H27N3O4/c1-4-5-12-28-17-9-6-15(7-10-17)23-21(27)24-16-8-11-18-19(13-16)29-14-22(2,3)20(26)25-18/h6-11,13H,4-5,12,14H2,1-3H3,(H,25,26)(H2,23,24,27). The van der Waals surface area contributed by atoms with Crippen molar-refractivity contribution in [2.75, 3.05) is 29.2 Å². The zero-order chi connectivity index (χ0) is 20.9. The van der Waals surface area contributed by atoms with Gasteiger partial charge in [0.05, 0.1) is 17.7 Å². The Hall–Kier alpha value is -3.22. The fourth-order valence-corrected chi connectivity index (χ4v) is 2.70. The minimum Gasteiger partial charge on any atom is -0.494 e. The van der Waals surface area contributed by atoms with Gasteiger partial charge in [0.25, 0.3) is 0 Å². The largest absolute Gasteiger partial charge is 0.494 e. The fraction of sp³-hybridized carbons (Fsp3) is 0.364. The summed E-state index contributed by atoms with van der Waals surface area (Å²) in [6, 6.07) is 12.0. The zero-order valence-corrected chi connectivity index (χ0v) is 17.0. The molecule has 0 radical (unpaired) electrons. The van der Waals surface area contributed by atoms with Crippen molar-refractivity contribution in [3.63, 3.8) is 0 Å². The van der Waals surface area contributed by atoms with Crippen molar-refractivity contribution in [1.82, 2.24) is 0 Å². The molecule has 2 aromatic rings. The number of anilines is 3. The van der Waals surface area contributed by atoms with Crippen molar-refractivity contribution in [3.8, 4) is 11.5 Å². The summed E-state index contributed by atoms with van der Waals surface area (Å²) in [6.45, 7) is 6.69. The first-order valence-corrected chi connectivity index (χ1v) is 9.76. The smallest absolute Gasteiger partial charge is 0.323 e. The van der Waals surface area contributed by atoms with Crippen LogP contribution in [-0.2, 0) is 4.79 Å². The van der Waals surface area contributed by atoms with Crippen LogP contribution in [0.2, 0.25) is 0 Å². The predicted molar refractivity (Wildman–Crippen MR) is 114 cm³/mol. The van der Waals surface area contributed by atoms with Crippen LogP contribution in [0.25, 0.3) is 0 Å². The molecule has 3 rings (SSSR count). The van der Waals surface area contributed by atoms with Gasteiger partial charge in [0.1, 0.15) is 18.1 Å². The van der Waals surface area contributed by atoms with E-state index in [1.165, 1.54) is 0 Å². The van der Waals surface area contributed by atoms with E-state index in [9.17, 15) is 9.59 Å². The van der Waals surface area contributed by atoms with Crippen LogP contribution in [0.15, 0.2) is 42.5 Å². The van der Waals surface area contributed by atoms with E-state index >= 15 is 0 Å². The predicted octanol–water partition coefficient (Wildman–Crippen LogP) is 4.87. The molecule has 0 saturated heterocycles. The Morgan fingerprint density at radius 3 is 2.55 bits per heavy atom.